The lowest BCUT2D eigenvalue weighted by atomic mass is 10.3. The monoisotopic (exact) mass is 313 g/mol. The first-order valence-corrected chi connectivity index (χ1v) is 6.41. The second-order valence-electron chi connectivity index (χ2n) is 4.39. The Labute approximate surface area is 129 Å². The van der Waals surface area contributed by atoms with Crippen LogP contribution in [-0.4, -0.2) is 42.4 Å². The van der Waals surface area contributed by atoms with Crippen molar-refractivity contribution in [2.45, 2.75) is 6.92 Å². The maximum absolute atomic E-state index is 12.3. The zero-order valence-electron chi connectivity index (χ0n) is 11.9. The van der Waals surface area contributed by atoms with Gasteiger partial charge in [-0.05, 0) is 34.9 Å². The molecule has 0 spiro atoms. The van der Waals surface area contributed by atoms with E-state index in [2.05, 4.69) is 40.8 Å². The summed E-state index contributed by atoms with van der Waals surface area (Å²) in [6.07, 6.45) is 4.72. The summed E-state index contributed by atoms with van der Waals surface area (Å²) in [7, 11) is 0. The number of carbonyl (C=O) groups is 1. The number of hydrazone groups is 1. The van der Waals surface area contributed by atoms with Gasteiger partial charge < -0.3 is 5.73 Å². The van der Waals surface area contributed by atoms with Crippen molar-refractivity contribution in [1.82, 2.24) is 35.7 Å². The van der Waals surface area contributed by atoms with E-state index in [9.17, 15) is 4.79 Å². The summed E-state index contributed by atoms with van der Waals surface area (Å²) in [5.74, 6) is -0.460. The van der Waals surface area contributed by atoms with Gasteiger partial charge in [0.1, 0.15) is 0 Å². The van der Waals surface area contributed by atoms with E-state index >= 15 is 0 Å². The molecule has 23 heavy (non-hydrogen) atoms. The van der Waals surface area contributed by atoms with Gasteiger partial charge in [-0.25, -0.2) is 10.1 Å². The molecule has 3 aromatic heterocycles. The molecule has 0 aliphatic carbocycles. The third-order valence-corrected chi connectivity index (χ3v) is 2.84. The van der Waals surface area contributed by atoms with Crippen molar-refractivity contribution < 1.29 is 9.42 Å². The number of aromatic nitrogens is 6. The molecular weight excluding hydrogens is 302 g/mol. The first-order valence-electron chi connectivity index (χ1n) is 6.41. The van der Waals surface area contributed by atoms with E-state index in [1.165, 1.54) is 6.21 Å². The molecule has 11 heteroatoms. The topological polar surface area (TPSA) is 150 Å². The predicted molar refractivity (Wildman–Crippen MR) is 77.7 cm³/mol. The lowest BCUT2D eigenvalue weighted by molar-refractivity contribution is 0.0946. The second-order valence-corrected chi connectivity index (χ2v) is 4.39. The fourth-order valence-electron chi connectivity index (χ4n) is 1.77. The number of nitrogens with two attached hydrogens (primary N) is 1. The van der Waals surface area contributed by atoms with Gasteiger partial charge in [-0.1, -0.05) is 5.21 Å². The van der Waals surface area contributed by atoms with Crippen LogP contribution in [0.15, 0.2) is 34.3 Å². The second kappa shape index (κ2) is 6.01. The highest BCUT2D eigenvalue weighted by Gasteiger charge is 2.22. The lowest BCUT2D eigenvalue weighted by Crippen LogP contribution is -2.22. The van der Waals surface area contributed by atoms with Crippen molar-refractivity contribution in [3.63, 3.8) is 0 Å². The van der Waals surface area contributed by atoms with Gasteiger partial charge in [-0.2, -0.15) is 9.78 Å². The minimum absolute atomic E-state index is 0.00997. The molecule has 0 unspecified atom stereocenters. The van der Waals surface area contributed by atoms with Crippen molar-refractivity contribution in [1.29, 1.82) is 0 Å². The number of carbonyl (C=O) groups excluding carboxylic acids is 1. The van der Waals surface area contributed by atoms with Crippen molar-refractivity contribution in [3.05, 3.63) is 41.5 Å². The number of hydrogen-bond donors (Lipinski definition) is 2. The maximum atomic E-state index is 12.3. The van der Waals surface area contributed by atoms with Crippen LogP contribution in [0.25, 0.3) is 5.82 Å². The Morgan fingerprint density at radius 1 is 1.39 bits per heavy atom. The third kappa shape index (κ3) is 2.88. The minimum atomic E-state index is -0.528. The van der Waals surface area contributed by atoms with E-state index in [0.29, 0.717) is 5.69 Å². The van der Waals surface area contributed by atoms with Crippen LogP contribution in [0.4, 0.5) is 5.82 Å². The van der Waals surface area contributed by atoms with Crippen molar-refractivity contribution in [3.8, 4) is 5.82 Å². The number of pyridine rings is 1. The van der Waals surface area contributed by atoms with Crippen molar-refractivity contribution in [2.24, 2.45) is 5.10 Å². The molecule has 0 aromatic carbocycles. The van der Waals surface area contributed by atoms with E-state index in [1.54, 1.807) is 31.5 Å². The van der Waals surface area contributed by atoms with Gasteiger partial charge in [-0.3, -0.25) is 9.78 Å². The van der Waals surface area contributed by atoms with Gasteiger partial charge in [0, 0.05) is 12.4 Å². The van der Waals surface area contributed by atoms with E-state index < -0.39 is 5.91 Å². The molecule has 3 aromatic rings. The quantitative estimate of drug-likeness (QED) is 0.492. The van der Waals surface area contributed by atoms with Crippen LogP contribution in [0.1, 0.15) is 21.7 Å². The largest absolute Gasteiger partial charge is 0.378 e. The average molecular weight is 313 g/mol. The first-order chi connectivity index (χ1) is 11.2. The molecule has 11 nitrogen and oxygen atoms in total. The Morgan fingerprint density at radius 3 is 2.87 bits per heavy atom. The van der Waals surface area contributed by atoms with Crippen molar-refractivity contribution >= 4 is 17.9 Å². The number of nitrogens with zero attached hydrogens (tertiary/aromatic N) is 7. The smallest absolute Gasteiger partial charge is 0.292 e. The molecule has 1 amide bonds. The molecule has 0 radical (unpaired) electrons. The first kappa shape index (κ1) is 14.3. The summed E-state index contributed by atoms with van der Waals surface area (Å²) in [6.45, 7) is 1.62. The van der Waals surface area contributed by atoms with Crippen LogP contribution in [0.3, 0.4) is 0 Å². The summed E-state index contributed by atoms with van der Waals surface area (Å²) < 4.78 is 5.64. The average Bonchev–Trinajstić information content (AvgIpc) is 3.13. The van der Waals surface area contributed by atoms with Crippen molar-refractivity contribution in [2.75, 3.05) is 5.73 Å². The number of nitrogen functional groups attached to an aromatic ring is 1. The zero-order valence-corrected chi connectivity index (χ0v) is 11.9. The molecule has 0 atom stereocenters. The number of rotatable bonds is 4. The van der Waals surface area contributed by atoms with Gasteiger partial charge in [0.25, 0.3) is 5.91 Å². The summed E-state index contributed by atoms with van der Waals surface area (Å²) in [5.41, 5.74) is 9.28. The molecule has 3 heterocycles. The SMILES string of the molecule is Cc1nnn(-c2nonc2N)c1C(=O)NN=Cc1ccncc1. The molecule has 3 rings (SSSR count). The highest BCUT2D eigenvalue weighted by Crippen LogP contribution is 2.14. The minimum Gasteiger partial charge on any atom is -0.378 e. The van der Waals surface area contributed by atoms with Gasteiger partial charge >= 0.3 is 0 Å². The summed E-state index contributed by atoms with van der Waals surface area (Å²) in [6, 6.07) is 3.49. The molecule has 0 bridgehead atoms. The fourth-order valence-corrected chi connectivity index (χ4v) is 1.77. The lowest BCUT2D eigenvalue weighted by Gasteiger charge is -2.02. The Balaban J connectivity index is 1.82. The number of hydrogen-bond acceptors (Lipinski definition) is 9. The van der Waals surface area contributed by atoms with E-state index in [0.717, 1.165) is 10.2 Å². The van der Waals surface area contributed by atoms with E-state index in [4.69, 9.17) is 5.73 Å². The molecule has 0 fully saturated rings. The Bertz CT molecular complexity index is 853. The van der Waals surface area contributed by atoms with Gasteiger partial charge in [0.15, 0.2) is 5.69 Å². The zero-order chi connectivity index (χ0) is 16.2. The number of aryl methyl sites for hydroxylation is 1. The van der Waals surface area contributed by atoms with Crippen LogP contribution in [0.5, 0.6) is 0 Å². The molecule has 0 saturated carbocycles. The van der Waals surface area contributed by atoms with Crippen LogP contribution in [0.2, 0.25) is 0 Å². The van der Waals surface area contributed by atoms with Gasteiger partial charge in [-0.15, -0.1) is 5.10 Å². The van der Waals surface area contributed by atoms with E-state index in [-0.39, 0.29) is 17.3 Å². The molecule has 3 N–H and O–H groups in total. The fraction of sp³-hybridized carbons (Fsp3) is 0.0833. The highest BCUT2D eigenvalue weighted by atomic mass is 16.6. The normalized spacial score (nSPS) is 11.0. The number of amides is 1. The summed E-state index contributed by atoms with van der Waals surface area (Å²) in [5, 5.41) is 18.5. The molecule has 0 aliphatic rings. The van der Waals surface area contributed by atoms with Crippen LogP contribution >= 0.6 is 0 Å². The summed E-state index contributed by atoms with van der Waals surface area (Å²) >= 11 is 0. The highest BCUT2D eigenvalue weighted by molar-refractivity contribution is 5.94. The molecule has 0 saturated heterocycles. The van der Waals surface area contributed by atoms with Crippen LogP contribution in [-0.2, 0) is 0 Å². The Hall–Kier alpha value is -3.63. The van der Waals surface area contributed by atoms with Gasteiger partial charge in [0.2, 0.25) is 11.6 Å². The molecule has 0 aliphatic heterocycles. The van der Waals surface area contributed by atoms with Gasteiger partial charge in [0.05, 0.1) is 11.9 Å². The van der Waals surface area contributed by atoms with Crippen LogP contribution in [0, 0.1) is 6.92 Å². The van der Waals surface area contributed by atoms with Crippen LogP contribution < -0.4 is 11.2 Å². The van der Waals surface area contributed by atoms with E-state index in [1.807, 2.05) is 0 Å². The third-order valence-electron chi connectivity index (χ3n) is 2.84. The summed E-state index contributed by atoms with van der Waals surface area (Å²) in [4.78, 5) is 16.2. The molecular formula is C12H11N9O2. The predicted octanol–water partition coefficient (Wildman–Crippen LogP) is -0.300. The Morgan fingerprint density at radius 2 is 2.17 bits per heavy atom. The number of anilines is 1. The number of nitrogens with one attached hydrogen (secondary N) is 1. The Kier molecular flexibility index (Phi) is 3.74. The standard InChI is InChI=1S/C12H11N9O2/c1-7-9(21(20-16-7)11-10(13)18-23-19-11)12(22)17-15-6-8-2-4-14-5-3-8/h2-6H,1H3,(H2,13,18)(H,17,22). The molecule has 116 valence electrons. The maximum Gasteiger partial charge on any atom is 0.292 e.